The summed E-state index contributed by atoms with van der Waals surface area (Å²) in [5.41, 5.74) is 2.71. The normalized spacial score (nSPS) is 15.2. The molecule has 29 heavy (non-hydrogen) atoms. The minimum Gasteiger partial charge on any atom is -0.305 e. The number of anilines is 1. The maximum Gasteiger partial charge on any atom is 0.258 e. The minimum absolute atomic E-state index is 0.0290. The van der Waals surface area contributed by atoms with Crippen molar-refractivity contribution in [2.24, 2.45) is 0 Å². The summed E-state index contributed by atoms with van der Waals surface area (Å²) in [7, 11) is 0. The van der Waals surface area contributed by atoms with E-state index in [-0.39, 0.29) is 17.8 Å². The molecule has 0 aromatic heterocycles. The summed E-state index contributed by atoms with van der Waals surface area (Å²) in [6.45, 7) is 2.79. The lowest BCUT2D eigenvalue weighted by molar-refractivity contribution is 0.0958. The number of benzene rings is 3. The van der Waals surface area contributed by atoms with E-state index in [0.717, 1.165) is 38.2 Å². The molecular formula is C25H25FN2O. The van der Waals surface area contributed by atoms with Crippen molar-refractivity contribution in [3.05, 3.63) is 102 Å². The Kier molecular flexibility index (Phi) is 6.01. The van der Waals surface area contributed by atoms with E-state index in [1.54, 1.807) is 12.1 Å². The Hall–Kier alpha value is -2.98. The number of rotatable bonds is 5. The van der Waals surface area contributed by atoms with Gasteiger partial charge in [-0.2, -0.15) is 0 Å². The Morgan fingerprint density at radius 2 is 1.45 bits per heavy atom. The van der Waals surface area contributed by atoms with Crippen molar-refractivity contribution in [3.63, 3.8) is 0 Å². The number of carbonyl (C=O) groups excluding carboxylic acids is 1. The minimum atomic E-state index is -0.293. The van der Waals surface area contributed by atoms with E-state index in [1.807, 2.05) is 41.3 Å². The fourth-order valence-corrected chi connectivity index (χ4v) is 3.99. The zero-order chi connectivity index (χ0) is 20.1. The van der Waals surface area contributed by atoms with Crippen LogP contribution >= 0.6 is 0 Å². The zero-order valence-electron chi connectivity index (χ0n) is 16.4. The lowest BCUT2D eigenvalue weighted by atomic mass is 10.00. The van der Waals surface area contributed by atoms with Gasteiger partial charge in [-0.3, -0.25) is 9.69 Å². The Bertz CT molecular complexity index is 920. The van der Waals surface area contributed by atoms with Gasteiger partial charge in [-0.25, -0.2) is 4.39 Å². The third-order valence-electron chi connectivity index (χ3n) is 5.52. The molecule has 4 heteroatoms. The number of nitrogens with zero attached hydrogens (tertiary/aromatic N) is 2. The summed E-state index contributed by atoms with van der Waals surface area (Å²) >= 11 is 0. The molecule has 0 aliphatic carbocycles. The largest absolute Gasteiger partial charge is 0.305 e. The molecule has 0 spiro atoms. The highest BCUT2D eigenvalue weighted by Crippen LogP contribution is 2.27. The number of carbonyl (C=O) groups is 1. The summed E-state index contributed by atoms with van der Waals surface area (Å²) in [6.07, 6.45) is 1.78. The molecule has 0 bridgehead atoms. The predicted molar refractivity (Wildman–Crippen MR) is 114 cm³/mol. The van der Waals surface area contributed by atoms with Gasteiger partial charge in [0, 0.05) is 36.9 Å². The lowest BCUT2D eigenvalue weighted by Crippen LogP contribution is -2.47. The molecule has 0 radical (unpaired) electrons. The Morgan fingerprint density at radius 3 is 2.07 bits per heavy atom. The van der Waals surface area contributed by atoms with E-state index in [0.29, 0.717) is 5.56 Å². The Morgan fingerprint density at radius 1 is 0.862 bits per heavy atom. The topological polar surface area (TPSA) is 23.6 Å². The van der Waals surface area contributed by atoms with Gasteiger partial charge in [-0.15, -0.1) is 0 Å². The molecule has 1 aliphatic rings. The van der Waals surface area contributed by atoms with E-state index in [9.17, 15) is 9.18 Å². The van der Waals surface area contributed by atoms with Crippen LogP contribution in [0.15, 0.2) is 84.9 Å². The highest BCUT2D eigenvalue weighted by Gasteiger charge is 2.29. The molecule has 1 fully saturated rings. The molecule has 3 aromatic rings. The highest BCUT2D eigenvalue weighted by atomic mass is 19.1. The van der Waals surface area contributed by atoms with Crippen LogP contribution in [0.3, 0.4) is 0 Å². The van der Waals surface area contributed by atoms with Crippen molar-refractivity contribution >= 4 is 11.6 Å². The quantitative estimate of drug-likeness (QED) is 0.604. The Balaban J connectivity index is 1.51. The smallest absolute Gasteiger partial charge is 0.258 e. The summed E-state index contributed by atoms with van der Waals surface area (Å²) in [5.74, 6) is -0.322. The van der Waals surface area contributed by atoms with E-state index < -0.39 is 0 Å². The number of hydrogen-bond donors (Lipinski definition) is 0. The Labute approximate surface area is 171 Å². The van der Waals surface area contributed by atoms with Crippen LogP contribution in [-0.2, 0) is 6.54 Å². The zero-order valence-corrected chi connectivity index (χ0v) is 16.4. The van der Waals surface area contributed by atoms with Gasteiger partial charge < -0.3 is 4.90 Å². The first-order valence-corrected chi connectivity index (χ1v) is 10.1. The van der Waals surface area contributed by atoms with Crippen molar-refractivity contribution in [1.29, 1.82) is 0 Å². The molecular weight excluding hydrogens is 363 g/mol. The van der Waals surface area contributed by atoms with E-state index in [4.69, 9.17) is 0 Å². The highest BCUT2D eigenvalue weighted by molar-refractivity contribution is 6.06. The van der Waals surface area contributed by atoms with Crippen LogP contribution in [0.5, 0.6) is 0 Å². The van der Waals surface area contributed by atoms with Crippen LogP contribution < -0.4 is 4.90 Å². The molecule has 1 amide bonds. The second-order valence-electron chi connectivity index (χ2n) is 7.51. The summed E-state index contributed by atoms with van der Waals surface area (Å²) < 4.78 is 13.5. The molecule has 3 aromatic carbocycles. The van der Waals surface area contributed by atoms with Gasteiger partial charge in [0.1, 0.15) is 5.82 Å². The third kappa shape index (κ3) is 4.72. The number of likely N-dealkylation sites (tertiary alicyclic amines) is 1. The molecule has 1 heterocycles. The monoisotopic (exact) mass is 388 g/mol. The second kappa shape index (κ2) is 9.01. The lowest BCUT2D eigenvalue weighted by Gasteiger charge is -2.38. The summed E-state index contributed by atoms with van der Waals surface area (Å²) in [4.78, 5) is 17.6. The second-order valence-corrected chi connectivity index (χ2v) is 7.51. The summed E-state index contributed by atoms with van der Waals surface area (Å²) in [6, 6.07) is 26.1. The average Bonchev–Trinajstić information content (AvgIpc) is 2.78. The first kappa shape index (κ1) is 19.3. The van der Waals surface area contributed by atoms with Crippen LogP contribution in [0.4, 0.5) is 10.1 Å². The molecule has 1 saturated heterocycles. The van der Waals surface area contributed by atoms with Gasteiger partial charge in [0.15, 0.2) is 0 Å². The third-order valence-corrected chi connectivity index (χ3v) is 5.52. The van der Waals surface area contributed by atoms with Gasteiger partial charge >= 0.3 is 0 Å². The number of hydrogen-bond acceptors (Lipinski definition) is 2. The van der Waals surface area contributed by atoms with Crippen molar-refractivity contribution in [2.45, 2.75) is 25.4 Å². The van der Waals surface area contributed by atoms with Crippen molar-refractivity contribution < 1.29 is 9.18 Å². The van der Waals surface area contributed by atoms with Gasteiger partial charge in [-0.1, -0.05) is 48.5 Å². The standard InChI is InChI=1S/C25H25FN2O/c26-22-11-13-23(14-12-22)28(25(29)21-9-5-2-6-10-21)24-15-17-27(18-16-24)19-20-7-3-1-4-8-20/h1-14,24H,15-19H2. The molecule has 4 rings (SSSR count). The van der Waals surface area contributed by atoms with Crippen LogP contribution in [-0.4, -0.2) is 29.9 Å². The molecule has 1 aliphatic heterocycles. The van der Waals surface area contributed by atoms with Gasteiger partial charge in [-0.05, 0) is 54.8 Å². The van der Waals surface area contributed by atoms with Crippen molar-refractivity contribution in [2.75, 3.05) is 18.0 Å². The number of halogens is 1. The first-order chi connectivity index (χ1) is 14.2. The average molecular weight is 388 g/mol. The van der Waals surface area contributed by atoms with Crippen LogP contribution in [0.2, 0.25) is 0 Å². The maximum atomic E-state index is 13.5. The van der Waals surface area contributed by atoms with Crippen LogP contribution in [0, 0.1) is 5.82 Å². The molecule has 0 saturated carbocycles. The van der Waals surface area contributed by atoms with Crippen molar-refractivity contribution in [3.8, 4) is 0 Å². The van der Waals surface area contributed by atoms with Gasteiger partial charge in [0.2, 0.25) is 0 Å². The van der Waals surface area contributed by atoms with Crippen LogP contribution in [0.25, 0.3) is 0 Å². The van der Waals surface area contributed by atoms with Gasteiger partial charge in [0.05, 0.1) is 0 Å². The van der Waals surface area contributed by atoms with E-state index in [2.05, 4.69) is 29.2 Å². The molecule has 0 N–H and O–H groups in total. The number of amides is 1. The van der Waals surface area contributed by atoms with Crippen molar-refractivity contribution in [1.82, 2.24) is 4.90 Å². The fraction of sp³-hybridized carbons (Fsp3) is 0.240. The first-order valence-electron chi connectivity index (χ1n) is 10.1. The number of piperidine rings is 1. The van der Waals surface area contributed by atoms with Gasteiger partial charge in [0.25, 0.3) is 5.91 Å². The summed E-state index contributed by atoms with van der Waals surface area (Å²) in [5, 5.41) is 0. The van der Waals surface area contributed by atoms with Crippen LogP contribution in [0.1, 0.15) is 28.8 Å². The molecule has 3 nitrogen and oxygen atoms in total. The SMILES string of the molecule is O=C(c1ccccc1)N(c1ccc(F)cc1)C1CCN(Cc2ccccc2)CC1. The fourth-order valence-electron chi connectivity index (χ4n) is 3.99. The molecule has 148 valence electrons. The predicted octanol–water partition coefficient (Wildman–Crippen LogP) is 5.14. The molecule has 0 atom stereocenters. The van der Waals surface area contributed by atoms with E-state index >= 15 is 0 Å². The maximum absolute atomic E-state index is 13.5. The van der Waals surface area contributed by atoms with E-state index in [1.165, 1.54) is 17.7 Å². The molecule has 0 unspecified atom stereocenters.